The molecule has 2 atom stereocenters. The fraction of sp³-hybridized carbons (Fsp3) is 0.450. The van der Waals surface area contributed by atoms with Crippen molar-refractivity contribution in [1.29, 1.82) is 0 Å². The topological polar surface area (TPSA) is 60.0 Å². The van der Waals surface area contributed by atoms with Gasteiger partial charge in [0.2, 0.25) is 0 Å². The van der Waals surface area contributed by atoms with Gasteiger partial charge in [-0.25, -0.2) is 0 Å². The quantitative estimate of drug-likeness (QED) is 0.788. The third-order valence-electron chi connectivity index (χ3n) is 4.76. The molecule has 1 aromatic heterocycles. The van der Waals surface area contributed by atoms with Gasteiger partial charge in [-0.15, -0.1) is 11.3 Å². The van der Waals surface area contributed by atoms with Crippen molar-refractivity contribution in [3.05, 3.63) is 46.2 Å². The van der Waals surface area contributed by atoms with Crippen molar-refractivity contribution in [2.45, 2.75) is 19.0 Å². The number of hydrogen-bond donors (Lipinski definition) is 1. The average Bonchev–Trinajstić information content (AvgIpc) is 3.22. The van der Waals surface area contributed by atoms with Crippen LogP contribution in [0.15, 0.2) is 35.7 Å². The molecule has 27 heavy (non-hydrogen) atoms. The smallest absolute Gasteiger partial charge is 0.255 e. The van der Waals surface area contributed by atoms with Crippen molar-refractivity contribution in [2.24, 2.45) is 0 Å². The second-order valence-electron chi connectivity index (χ2n) is 6.44. The van der Waals surface area contributed by atoms with Crippen molar-refractivity contribution in [1.82, 2.24) is 10.2 Å². The molecule has 1 aliphatic rings. The molecule has 2 aromatic rings. The summed E-state index contributed by atoms with van der Waals surface area (Å²) in [6.45, 7) is 5.20. The van der Waals surface area contributed by atoms with E-state index in [-0.39, 0.29) is 18.0 Å². The molecule has 1 amide bonds. The molecule has 3 rings (SSSR count). The highest BCUT2D eigenvalue weighted by molar-refractivity contribution is 7.10. The molecule has 0 saturated carbocycles. The number of amides is 1. The first-order valence-corrected chi connectivity index (χ1v) is 9.90. The lowest BCUT2D eigenvalue weighted by Crippen LogP contribution is -2.48. The summed E-state index contributed by atoms with van der Waals surface area (Å²) in [7, 11) is 3.14. The van der Waals surface area contributed by atoms with Crippen molar-refractivity contribution in [3.8, 4) is 11.5 Å². The Labute approximate surface area is 164 Å². The van der Waals surface area contributed by atoms with Gasteiger partial charge in [-0.2, -0.15) is 0 Å². The third kappa shape index (κ3) is 4.61. The fourth-order valence-electron chi connectivity index (χ4n) is 3.41. The number of thiophene rings is 1. The second-order valence-corrected chi connectivity index (χ2v) is 7.42. The molecule has 1 saturated heterocycles. The molecule has 6 nitrogen and oxygen atoms in total. The minimum atomic E-state index is -0.156. The van der Waals surface area contributed by atoms with Crippen molar-refractivity contribution in [3.63, 3.8) is 0 Å². The molecular formula is C20H26N2O4S. The zero-order valence-corrected chi connectivity index (χ0v) is 16.8. The first-order valence-electron chi connectivity index (χ1n) is 9.02. The number of ether oxygens (including phenoxy) is 3. The standard InChI is InChI=1S/C20H26N2O4S/c1-14(19(18-5-4-12-27-18)22-8-10-26-11-9-22)21-20(23)16-7-6-15(24-2)13-17(16)25-3/h4-7,12-14,19H,8-11H2,1-3H3,(H,21,23)/t14-,19-/m0/s1. The summed E-state index contributed by atoms with van der Waals surface area (Å²) in [5, 5.41) is 5.23. The number of hydrogen-bond acceptors (Lipinski definition) is 6. The van der Waals surface area contributed by atoms with Crippen LogP contribution in [0.4, 0.5) is 0 Å². The summed E-state index contributed by atoms with van der Waals surface area (Å²) < 4.78 is 16.1. The number of nitrogens with zero attached hydrogens (tertiary/aromatic N) is 1. The maximum atomic E-state index is 12.9. The van der Waals surface area contributed by atoms with E-state index in [4.69, 9.17) is 14.2 Å². The van der Waals surface area contributed by atoms with Gasteiger partial charge >= 0.3 is 0 Å². The largest absolute Gasteiger partial charge is 0.497 e. The maximum Gasteiger partial charge on any atom is 0.255 e. The Morgan fingerprint density at radius 2 is 2.00 bits per heavy atom. The van der Waals surface area contributed by atoms with Gasteiger partial charge in [0.05, 0.1) is 39.0 Å². The maximum absolute atomic E-state index is 12.9. The predicted octanol–water partition coefficient (Wildman–Crippen LogP) is 2.96. The van der Waals surface area contributed by atoms with E-state index in [0.717, 1.165) is 26.3 Å². The summed E-state index contributed by atoms with van der Waals surface area (Å²) in [5.41, 5.74) is 0.497. The van der Waals surface area contributed by atoms with E-state index in [9.17, 15) is 4.79 Å². The number of carbonyl (C=O) groups excluding carboxylic acids is 1. The molecule has 0 spiro atoms. The van der Waals surface area contributed by atoms with Gasteiger partial charge in [0.25, 0.3) is 5.91 Å². The SMILES string of the molecule is COc1ccc(C(=O)N[C@@H](C)[C@@H](c2cccs2)N2CCOCC2)c(OC)c1. The number of carbonyl (C=O) groups is 1. The van der Waals surface area contributed by atoms with E-state index in [1.54, 1.807) is 43.8 Å². The van der Waals surface area contributed by atoms with E-state index in [2.05, 4.69) is 27.7 Å². The number of rotatable bonds is 7. The van der Waals surface area contributed by atoms with Gasteiger partial charge in [0.1, 0.15) is 11.5 Å². The number of nitrogens with one attached hydrogen (secondary N) is 1. The number of morpholine rings is 1. The summed E-state index contributed by atoms with van der Waals surface area (Å²) in [5.74, 6) is 0.996. The highest BCUT2D eigenvalue weighted by Gasteiger charge is 2.30. The minimum Gasteiger partial charge on any atom is -0.497 e. The first-order chi connectivity index (χ1) is 13.1. The van der Waals surface area contributed by atoms with Gasteiger partial charge in [-0.3, -0.25) is 9.69 Å². The van der Waals surface area contributed by atoms with Gasteiger partial charge in [0.15, 0.2) is 0 Å². The van der Waals surface area contributed by atoms with Gasteiger partial charge in [-0.05, 0) is 30.5 Å². The monoisotopic (exact) mass is 390 g/mol. The lowest BCUT2D eigenvalue weighted by atomic mass is 10.0. The molecule has 146 valence electrons. The summed E-state index contributed by atoms with van der Waals surface area (Å²) in [6, 6.07) is 9.44. The van der Waals surface area contributed by atoms with Crippen LogP contribution in [-0.2, 0) is 4.74 Å². The predicted molar refractivity (Wildman–Crippen MR) is 106 cm³/mol. The van der Waals surface area contributed by atoms with Crippen LogP contribution in [0.25, 0.3) is 0 Å². The number of benzene rings is 1. The Hall–Kier alpha value is -2.09. The molecule has 1 fully saturated rings. The van der Waals surface area contributed by atoms with E-state index in [1.807, 2.05) is 6.92 Å². The van der Waals surface area contributed by atoms with Gasteiger partial charge in [-0.1, -0.05) is 6.07 Å². The summed E-state index contributed by atoms with van der Waals surface area (Å²) in [6.07, 6.45) is 0. The molecule has 1 aliphatic heterocycles. The average molecular weight is 391 g/mol. The van der Waals surface area contributed by atoms with E-state index in [0.29, 0.717) is 17.1 Å². The Balaban J connectivity index is 1.79. The Morgan fingerprint density at radius 1 is 1.22 bits per heavy atom. The molecule has 7 heteroatoms. The Bertz CT molecular complexity index is 744. The van der Waals surface area contributed by atoms with Crippen molar-refractivity contribution in [2.75, 3.05) is 40.5 Å². The molecule has 2 heterocycles. The first kappa shape index (κ1) is 19.7. The normalized spacial score (nSPS) is 17.1. The van der Waals surface area contributed by atoms with Crippen LogP contribution < -0.4 is 14.8 Å². The summed E-state index contributed by atoms with van der Waals surface area (Å²) in [4.78, 5) is 16.5. The van der Waals surface area contributed by atoms with Gasteiger partial charge in [0, 0.05) is 30.1 Å². The van der Waals surface area contributed by atoms with Gasteiger partial charge < -0.3 is 19.5 Å². The molecule has 1 N–H and O–H groups in total. The number of methoxy groups -OCH3 is 2. The fourth-order valence-corrected chi connectivity index (χ4v) is 4.37. The molecule has 0 bridgehead atoms. The highest BCUT2D eigenvalue weighted by atomic mass is 32.1. The van der Waals surface area contributed by atoms with Crippen LogP contribution in [0.2, 0.25) is 0 Å². The molecule has 0 unspecified atom stereocenters. The Morgan fingerprint density at radius 3 is 2.63 bits per heavy atom. The molecule has 1 aromatic carbocycles. The molecular weight excluding hydrogens is 364 g/mol. The molecule has 0 radical (unpaired) electrons. The summed E-state index contributed by atoms with van der Waals surface area (Å²) >= 11 is 1.71. The van der Waals surface area contributed by atoms with Crippen molar-refractivity contribution < 1.29 is 19.0 Å². The van der Waals surface area contributed by atoms with Crippen LogP contribution in [0, 0.1) is 0 Å². The minimum absolute atomic E-state index is 0.0685. The lowest BCUT2D eigenvalue weighted by Gasteiger charge is -2.37. The van der Waals surface area contributed by atoms with Crippen LogP contribution >= 0.6 is 11.3 Å². The van der Waals surface area contributed by atoms with Crippen LogP contribution in [0.1, 0.15) is 28.2 Å². The lowest BCUT2D eigenvalue weighted by molar-refractivity contribution is 0.00969. The highest BCUT2D eigenvalue weighted by Crippen LogP contribution is 2.30. The van der Waals surface area contributed by atoms with E-state index < -0.39 is 0 Å². The third-order valence-corrected chi connectivity index (χ3v) is 5.70. The second kappa shape index (κ2) is 9.21. The molecule has 0 aliphatic carbocycles. The van der Waals surface area contributed by atoms with E-state index >= 15 is 0 Å². The van der Waals surface area contributed by atoms with Crippen molar-refractivity contribution >= 4 is 17.2 Å². The van der Waals surface area contributed by atoms with Crippen LogP contribution in [-0.4, -0.2) is 57.4 Å². The zero-order chi connectivity index (χ0) is 19.2. The van der Waals surface area contributed by atoms with Crippen LogP contribution in [0.3, 0.4) is 0 Å². The van der Waals surface area contributed by atoms with E-state index in [1.165, 1.54) is 4.88 Å². The zero-order valence-electron chi connectivity index (χ0n) is 15.9. The Kier molecular flexibility index (Phi) is 6.71. The van der Waals surface area contributed by atoms with Crippen LogP contribution in [0.5, 0.6) is 11.5 Å².